The molecule has 0 amide bonds. The van der Waals surface area contributed by atoms with Crippen molar-refractivity contribution in [3.63, 3.8) is 0 Å². The summed E-state index contributed by atoms with van der Waals surface area (Å²) in [5, 5.41) is 12.6. The second-order valence-electron chi connectivity index (χ2n) is 6.83. The van der Waals surface area contributed by atoms with Gasteiger partial charge in [-0.25, -0.2) is 14.8 Å². The molecule has 0 aliphatic rings. The lowest BCUT2D eigenvalue weighted by Gasteiger charge is -2.11. The highest BCUT2D eigenvalue weighted by Gasteiger charge is 2.13. The predicted molar refractivity (Wildman–Crippen MR) is 114 cm³/mol. The van der Waals surface area contributed by atoms with E-state index in [0.29, 0.717) is 18.1 Å². The molecule has 0 radical (unpaired) electrons. The van der Waals surface area contributed by atoms with Gasteiger partial charge < -0.3 is 15.2 Å². The summed E-state index contributed by atoms with van der Waals surface area (Å²) in [5.74, 6) is 0.0378. The summed E-state index contributed by atoms with van der Waals surface area (Å²) >= 11 is 0. The Bertz CT molecular complexity index is 1020. The molecule has 3 rings (SSSR count). The first-order valence-electron chi connectivity index (χ1n) is 9.60. The zero-order chi connectivity index (χ0) is 20.8. The lowest BCUT2D eigenvalue weighted by Crippen LogP contribution is -2.07. The van der Waals surface area contributed by atoms with Crippen molar-refractivity contribution >= 4 is 11.8 Å². The smallest absolute Gasteiger partial charge is 0.339 e. The molecule has 0 atom stereocenters. The van der Waals surface area contributed by atoms with Gasteiger partial charge in [0.15, 0.2) is 0 Å². The molecule has 0 spiro atoms. The Kier molecular flexibility index (Phi) is 6.44. The number of anilines is 1. The van der Waals surface area contributed by atoms with Gasteiger partial charge in [-0.3, -0.25) is 0 Å². The number of rotatable bonds is 8. The third kappa shape index (κ3) is 5.10. The number of nitrogens with zero attached hydrogens (tertiary/aromatic N) is 2. The summed E-state index contributed by atoms with van der Waals surface area (Å²) < 4.78 is 5.48. The van der Waals surface area contributed by atoms with E-state index in [4.69, 9.17) is 4.74 Å². The van der Waals surface area contributed by atoms with Crippen molar-refractivity contribution in [1.29, 1.82) is 0 Å². The largest absolute Gasteiger partial charge is 0.493 e. The molecule has 0 aliphatic heterocycles. The molecule has 2 aromatic carbocycles. The van der Waals surface area contributed by atoms with Gasteiger partial charge in [0.2, 0.25) is 0 Å². The van der Waals surface area contributed by atoms with E-state index < -0.39 is 5.97 Å². The van der Waals surface area contributed by atoms with Crippen LogP contribution in [0.25, 0.3) is 11.3 Å². The molecular weight excluding hydrogens is 366 g/mol. The number of aromatic nitrogens is 2. The number of hydrogen-bond acceptors (Lipinski definition) is 5. The highest BCUT2D eigenvalue weighted by Crippen LogP contribution is 2.27. The minimum absolute atomic E-state index is 0.136. The molecule has 1 aromatic heterocycles. The summed E-state index contributed by atoms with van der Waals surface area (Å²) in [7, 11) is 0. The van der Waals surface area contributed by atoms with Crippen LogP contribution >= 0.6 is 0 Å². The van der Waals surface area contributed by atoms with Crippen LogP contribution in [-0.2, 0) is 6.42 Å². The molecular formula is C23H25N3O3. The van der Waals surface area contributed by atoms with E-state index in [2.05, 4.69) is 47.3 Å². The van der Waals surface area contributed by atoms with Gasteiger partial charge in [0, 0.05) is 18.2 Å². The number of hydrogen-bond donors (Lipinski definition) is 2. The zero-order valence-corrected chi connectivity index (χ0v) is 16.9. The van der Waals surface area contributed by atoms with Crippen LogP contribution in [0.2, 0.25) is 0 Å². The maximum absolute atomic E-state index is 11.4. The van der Waals surface area contributed by atoms with Gasteiger partial charge in [-0.15, -0.1) is 0 Å². The molecule has 6 heteroatoms. The molecule has 29 heavy (non-hydrogen) atoms. The summed E-state index contributed by atoms with van der Waals surface area (Å²) in [6.45, 7) is 7.19. The highest BCUT2D eigenvalue weighted by atomic mass is 16.5. The summed E-state index contributed by atoms with van der Waals surface area (Å²) in [4.78, 5) is 20.0. The molecule has 0 aliphatic carbocycles. The van der Waals surface area contributed by atoms with Crippen LogP contribution in [-0.4, -0.2) is 34.2 Å². The first-order chi connectivity index (χ1) is 14.0. The second-order valence-corrected chi connectivity index (χ2v) is 6.83. The summed E-state index contributed by atoms with van der Waals surface area (Å²) in [5.41, 5.74) is 5.48. The number of carbonyl (C=O) groups is 1. The van der Waals surface area contributed by atoms with E-state index in [1.807, 2.05) is 13.0 Å². The van der Waals surface area contributed by atoms with Gasteiger partial charge in [-0.05, 0) is 56.0 Å². The highest BCUT2D eigenvalue weighted by molar-refractivity contribution is 5.91. The van der Waals surface area contributed by atoms with E-state index >= 15 is 0 Å². The molecule has 0 fully saturated rings. The van der Waals surface area contributed by atoms with Crippen LogP contribution in [0.4, 0.5) is 5.82 Å². The standard InChI is InChI=1S/C23H25N3O3/c1-4-29-21-12-18(7-8-19(21)23(27)28)20-13-22(26-14-25-20)24-10-9-17-6-5-15(2)16(3)11-17/h5-8,11-14H,4,9-10H2,1-3H3,(H,27,28)(H,24,25,26). The molecule has 0 saturated heterocycles. The van der Waals surface area contributed by atoms with Crippen LogP contribution in [0, 0.1) is 13.8 Å². The van der Waals surface area contributed by atoms with Crippen molar-refractivity contribution in [2.75, 3.05) is 18.5 Å². The fourth-order valence-corrected chi connectivity index (χ4v) is 3.04. The molecule has 0 saturated carbocycles. The molecule has 0 unspecified atom stereocenters. The van der Waals surface area contributed by atoms with Crippen molar-refractivity contribution in [3.8, 4) is 17.0 Å². The number of benzene rings is 2. The quantitative estimate of drug-likeness (QED) is 0.588. The molecule has 1 heterocycles. The Hall–Kier alpha value is -3.41. The van der Waals surface area contributed by atoms with Gasteiger partial charge in [0.1, 0.15) is 23.5 Å². The maximum atomic E-state index is 11.4. The molecule has 2 N–H and O–H groups in total. The average molecular weight is 391 g/mol. The van der Waals surface area contributed by atoms with Crippen molar-refractivity contribution in [2.24, 2.45) is 0 Å². The lowest BCUT2D eigenvalue weighted by atomic mass is 10.0. The van der Waals surface area contributed by atoms with Crippen LogP contribution in [0.3, 0.4) is 0 Å². The second kappa shape index (κ2) is 9.19. The number of aryl methyl sites for hydroxylation is 2. The Morgan fingerprint density at radius 1 is 1.07 bits per heavy atom. The molecule has 3 aromatic rings. The third-order valence-corrected chi connectivity index (χ3v) is 4.77. The van der Waals surface area contributed by atoms with Gasteiger partial charge >= 0.3 is 5.97 Å². The van der Waals surface area contributed by atoms with Crippen molar-refractivity contribution in [3.05, 3.63) is 71.0 Å². The van der Waals surface area contributed by atoms with E-state index in [1.165, 1.54) is 29.1 Å². The molecule has 0 bridgehead atoms. The predicted octanol–water partition coefficient (Wildman–Crippen LogP) is 4.51. The lowest BCUT2D eigenvalue weighted by molar-refractivity contribution is 0.0692. The van der Waals surface area contributed by atoms with Crippen LogP contribution in [0.1, 0.15) is 34.0 Å². The summed E-state index contributed by atoms with van der Waals surface area (Å²) in [6, 6.07) is 13.3. The number of nitrogens with one attached hydrogen (secondary N) is 1. The monoisotopic (exact) mass is 391 g/mol. The third-order valence-electron chi connectivity index (χ3n) is 4.77. The van der Waals surface area contributed by atoms with Gasteiger partial charge in [-0.1, -0.05) is 24.3 Å². The van der Waals surface area contributed by atoms with E-state index in [-0.39, 0.29) is 5.56 Å². The fraction of sp³-hybridized carbons (Fsp3) is 0.261. The minimum atomic E-state index is -1.02. The Morgan fingerprint density at radius 2 is 1.90 bits per heavy atom. The maximum Gasteiger partial charge on any atom is 0.339 e. The molecule has 150 valence electrons. The Labute approximate surface area is 170 Å². The zero-order valence-electron chi connectivity index (χ0n) is 16.9. The van der Waals surface area contributed by atoms with Crippen LogP contribution in [0.15, 0.2) is 48.8 Å². The average Bonchev–Trinajstić information content (AvgIpc) is 2.71. The Balaban J connectivity index is 1.72. The van der Waals surface area contributed by atoms with Gasteiger partial charge in [0.25, 0.3) is 0 Å². The van der Waals surface area contributed by atoms with Gasteiger partial charge in [-0.2, -0.15) is 0 Å². The van der Waals surface area contributed by atoms with Crippen molar-refractivity contribution in [2.45, 2.75) is 27.2 Å². The molecule has 6 nitrogen and oxygen atoms in total. The first-order valence-corrected chi connectivity index (χ1v) is 9.60. The van der Waals surface area contributed by atoms with Gasteiger partial charge in [0.05, 0.1) is 12.3 Å². The number of ether oxygens (including phenoxy) is 1. The van der Waals surface area contributed by atoms with Crippen molar-refractivity contribution < 1.29 is 14.6 Å². The number of carboxylic acids is 1. The van der Waals surface area contributed by atoms with Crippen LogP contribution in [0.5, 0.6) is 5.75 Å². The summed E-state index contributed by atoms with van der Waals surface area (Å²) in [6.07, 6.45) is 2.39. The minimum Gasteiger partial charge on any atom is -0.493 e. The van der Waals surface area contributed by atoms with E-state index in [1.54, 1.807) is 12.1 Å². The Morgan fingerprint density at radius 3 is 2.62 bits per heavy atom. The van der Waals surface area contributed by atoms with E-state index in [0.717, 1.165) is 24.3 Å². The van der Waals surface area contributed by atoms with Crippen LogP contribution < -0.4 is 10.1 Å². The SMILES string of the molecule is CCOc1cc(-c2cc(NCCc3ccc(C)c(C)c3)ncn2)ccc1C(=O)O. The topological polar surface area (TPSA) is 84.3 Å². The number of aromatic carboxylic acids is 1. The van der Waals surface area contributed by atoms with Crippen molar-refractivity contribution in [1.82, 2.24) is 9.97 Å². The number of carboxylic acid groups (broad SMARTS) is 1. The fourth-order valence-electron chi connectivity index (χ4n) is 3.04. The normalized spacial score (nSPS) is 10.6. The first kappa shape index (κ1) is 20.3. The van der Waals surface area contributed by atoms with E-state index in [9.17, 15) is 9.90 Å².